The van der Waals surface area contributed by atoms with Crippen LogP contribution in [0.25, 0.3) is 0 Å². The van der Waals surface area contributed by atoms with Crippen molar-refractivity contribution in [1.29, 1.82) is 0 Å². The van der Waals surface area contributed by atoms with Gasteiger partial charge in [-0.15, -0.1) is 6.42 Å². The van der Waals surface area contributed by atoms with Crippen LogP contribution in [0.15, 0.2) is 48.1 Å². The Morgan fingerprint density at radius 1 is 1.42 bits per heavy atom. The number of hydrogen-bond acceptors (Lipinski definition) is 3. The second kappa shape index (κ2) is 6.62. The summed E-state index contributed by atoms with van der Waals surface area (Å²) in [5.74, 6) is 2.37. The summed E-state index contributed by atoms with van der Waals surface area (Å²) in [4.78, 5) is 9.06. The number of rotatable bonds is 5. The molecule has 2 aromatic rings. The normalized spacial score (nSPS) is 11.1. The Morgan fingerprint density at radius 3 is 2.84 bits per heavy atom. The Hall–Kier alpha value is -2.25. The van der Waals surface area contributed by atoms with Gasteiger partial charge in [0.1, 0.15) is 5.71 Å². The van der Waals surface area contributed by atoms with Gasteiger partial charge < -0.3 is 9.40 Å². The quantitative estimate of drug-likeness (QED) is 0.364. The molecule has 4 nitrogen and oxygen atoms in total. The van der Waals surface area contributed by atoms with Crippen molar-refractivity contribution in [3.63, 3.8) is 0 Å². The predicted molar refractivity (Wildman–Crippen MR) is 75.0 cm³/mol. The van der Waals surface area contributed by atoms with E-state index in [1.807, 2.05) is 35.0 Å². The Kier molecular flexibility index (Phi) is 4.60. The molecule has 0 fully saturated rings. The van der Waals surface area contributed by atoms with Gasteiger partial charge >= 0.3 is 0 Å². The first-order valence-corrected chi connectivity index (χ1v) is 6.01. The molecule has 0 N–H and O–H groups in total. The number of oxime groups is 1. The summed E-state index contributed by atoms with van der Waals surface area (Å²) in [6.07, 6.45) is 10.4. The second-order valence-corrected chi connectivity index (χ2v) is 4.19. The number of imidazole rings is 1. The lowest BCUT2D eigenvalue weighted by molar-refractivity contribution is 0.179. The largest absolute Gasteiger partial charge is 0.382 e. The third-order valence-corrected chi connectivity index (χ3v) is 2.64. The molecule has 0 radical (unpaired) electrons. The summed E-state index contributed by atoms with van der Waals surface area (Å²) in [6, 6.07) is 7.39. The van der Waals surface area contributed by atoms with Crippen molar-refractivity contribution in [2.45, 2.75) is 6.54 Å². The molecule has 19 heavy (non-hydrogen) atoms. The van der Waals surface area contributed by atoms with Crippen LogP contribution < -0.4 is 0 Å². The first kappa shape index (κ1) is 13.2. The van der Waals surface area contributed by atoms with E-state index in [2.05, 4.69) is 16.1 Å². The fourth-order valence-electron chi connectivity index (χ4n) is 1.52. The number of terminal acetylenes is 1. The van der Waals surface area contributed by atoms with E-state index in [-0.39, 0.29) is 6.61 Å². The lowest BCUT2D eigenvalue weighted by Crippen LogP contribution is -2.11. The van der Waals surface area contributed by atoms with E-state index in [4.69, 9.17) is 22.9 Å². The summed E-state index contributed by atoms with van der Waals surface area (Å²) >= 11 is 5.87. The Morgan fingerprint density at radius 2 is 2.21 bits per heavy atom. The van der Waals surface area contributed by atoms with Gasteiger partial charge in [-0.05, 0) is 12.1 Å². The predicted octanol–water partition coefficient (Wildman–Crippen LogP) is 2.59. The highest BCUT2D eigenvalue weighted by Crippen LogP contribution is 2.11. The van der Waals surface area contributed by atoms with Crippen molar-refractivity contribution in [3.05, 3.63) is 53.6 Å². The van der Waals surface area contributed by atoms with E-state index in [0.717, 1.165) is 11.3 Å². The summed E-state index contributed by atoms with van der Waals surface area (Å²) in [5, 5.41) is 4.75. The molecular formula is C14H12ClN3O. The van der Waals surface area contributed by atoms with Crippen LogP contribution in [0.1, 0.15) is 5.56 Å². The Labute approximate surface area is 116 Å². The van der Waals surface area contributed by atoms with Gasteiger partial charge in [-0.2, -0.15) is 0 Å². The summed E-state index contributed by atoms with van der Waals surface area (Å²) in [6.45, 7) is 0.688. The molecule has 2 rings (SSSR count). The third-order valence-electron chi connectivity index (χ3n) is 2.39. The second-order valence-electron chi connectivity index (χ2n) is 3.76. The van der Waals surface area contributed by atoms with Gasteiger partial charge in [0, 0.05) is 23.0 Å². The zero-order valence-electron chi connectivity index (χ0n) is 10.2. The fourth-order valence-corrected chi connectivity index (χ4v) is 1.64. The monoisotopic (exact) mass is 273 g/mol. The van der Waals surface area contributed by atoms with Crippen molar-refractivity contribution >= 4 is 17.3 Å². The summed E-state index contributed by atoms with van der Waals surface area (Å²) in [5.41, 5.74) is 1.68. The van der Waals surface area contributed by atoms with E-state index < -0.39 is 0 Å². The van der Waals surface area contributed by atoms with Crippen LogP contribution in [0.3, 0.4) is 0 Å². The maximum atomic E-state index is 5.87. The molecule has 1 heterocycles. The Balaban J connectivity index is 2.21. The average Bonchev–Trinajstić information content (AvgIpc) is 2.92. The number of aromatic nitrogens is 2. The lowest BCUT2D eigenvalue weighted by atomic mass is 10.1. The van der Waals surface area contributed by atoms with E-state index in [1.165, 1.54) is 0 Å². The van der Waals surface area contributed by atoms with Crippen molar-refractivity contribution in [2.75, 3.05) is 6.61 Å². The standard InChI is InChI=1S/C14H12ClN3O/c1-2-9-19-17-14(10-18-8-7-16-11-18)12-3-5-13(15)6-4-12/h1,3-8,11H,9-10H2/b17-14+. The number of halogens is 1. The molecule has 0 atom stereocenters. The van der Waals surface area contributed by atoms with Crippen LogP contribution in [0.2, 0.25) is 5.02 Å². The van der Waals surface area contributed by atoms with Gasteiger partial charge in [-0.3, -0.25) is 0 Å². The lowest BCUT2D eigenvalue weighted by Gasteiger charge is -2.07. The molecule has 0 saturated heterocycles. The zero-order chi connectivity index (χ0) is 13.5. The van der Waals surface area contributed by atoms with Crippen molar-refractivity contribution in [1.82, 2.24) is 9.55 Å². The van der Waals surface area contributed by atoms with Crippen LogP contribution in [-0.4, -0.2) is 21.9 Å². The minimum atomic E-state index is 0.140. The van der Waals surface area contributed by atoms with Gasteiger partial charge in [-0.25, -0.2) is 4.98 Å². The molecule has 0 bridgehead atoms. The molecule has 0 spiro atoms. The number of benzene rings is 1. The van der Waals surface area contributed by atoms with Crippen molar-refractivity contribution in [3.8, 4) is 12.3 Å². The van der Waals surface area contributed by atoms with Gasteiger partial charge in [0.25, 0.3) is 0 Å². The van der Waals surface area contributed by atoms with E-state index in [0.29, 0.717) is 11.6 Å². The molecule has 0 aliphatic heterocycles. The highest BCUT2D eigenvalue weighted by Gasteiger charge is 2.06. The highest BCUT2D eigenvalue weighted by molar-refractivity contribution is 6.30. The van der Waals surface area contributed by atoms with Crippen LogP contribution in [-0.2, 0) is 11.4 Å². The SMILES string of the molecule is C#CCO/N=C(\Cn1ccnc1)c1ccc(Cl)cc1. The third kappa shape index (κ3) is 3.87. The minimum absolute atomic E-state index is 0.140. The average molecular weight is 274 g/mol. The molecule has 0 amide bonds. The molecule has 0 unspecified atom stereocenters. The van der Waals surface area contributed by atoms with Gasteiger partial charge in [0.2, 0.25) is 0 Å². The first-order valence-electron chi connectivity index (χ1n) is 5.63. The number of hydrogen-bond donors (Lipinski definition) is 0. The fraction of sp³-hybridized carbons (Fsp3) is 0.143. The molecule has 1 aromatic heterocycles. The van der Waals surface area contributed by atoms with Crippen LogP contribution in [0, 0.1) is 12.3 Å². The Bertz CT molecular complexity index is 582. The maximum absolute atomic E-state index is 5.87. The maximum Gasteiger partial charge on any atom is 0.177 e. The summed E-state index contributed by atoms with van der Waals surface area (Å²) < 4.78 is 1.90. The van der Waals surface area contributed by atoms with Crippen LogP contribution in [0.5, 0.6) is 0 Å². The minimum Gasteiger partial charge on any atom is -0.382 e. The van der Waals surface area contributed by atoms with E-state index in [9.17, 15) is 0 Å². The molecular weight excluding hydrogens is 262 g/mol. The first-order chi connectivity index (χ1) is 9.29. The molecule has 5 heteroatoms. The van der Waals surface area contributed by atoms with Crippen molar-refractivity contribution in [2.24, 2.45) is 5.16 Å². The molecule has 0 aliphatic rings. The highest BCUT2D eigenvalue weighted by atomic mass is 35.5. The van der Waals surface area contributed by atoms with Crippen LogP contribution in [0.4, 0.5) is 0 Å². The molecule has 96 valence electrons. The van der Waals surface area contributed by atoms with E-state index in [1.54, 1.807) is 12.5 Å². The van der Waals surface area contributed by atoms with Gasteiger partial charge in [-0.1, -0.05) is 34.8 Å². The molecule has 0 saturated carbocycles. The summed E-state index contributed by atoms with van der Waals surface area (Å²) in [7, 11) is 0. The molecule has 0 aliphatic carbocycles. The molecule has 1 aromatic carbocycles. The zero-order valence-corrected chi connectivity index (χ0v) is 10.9. The van der Waals surface area contributed by atoms with Gasteiger partial charge in [0.05, 0.1) is 12.9 Å². The smallest absolute Gasteiger partial charge is 0.177 e. The van der Waals surface area contributed by atoms with Crippen molar-refractivity contribution < 1.29 is 4.84 Å². The van der Waals surface area contributed by atoms with Crippen LogP contribution >= 0.6 is 11.6 Å². The number of nitrogens with zero attached hydrogens (tertiary/aromatic N) is 3. The topological polar surface area (TPSA) is 39.4 Å². The van der Waals surface area contributed by atoms with E-state index >= 15 is 0 Å². The van der Waals surface area contributed by atoms with Gasteiger partial charge in [0.15, 0.2) is 6.61 Å².